The van der Waals surface area contributed by atoms with E-state index < -0.39 is 31.2 Å². The van der Waals surface area contributed by atoms with Crippen molar-refractivity contribution >= 4 is 11.9 Å². The Balaban J connectivity index is 2.86. The van der Waals surface area contributed by atoms with Gasteiger partial charge >= 0.3 is 12.2 Å². The molecule has 0 saturated carbocycles. The molecular weight excluding hydrogens is 265 g/mol. The number of imidazole rings is 1. The van der Waals surface area contributed by atoms with Gasteiger partial charge in [0.05, 0.1) is 0 Å². The molecule has 106 valence electrons. The van der Waals surface area contributed by atoms with Crippen LogP contribution in [0.3, 0.4) is 0 Å². The minimum Gasteiger partial charge on any atom is -0.347 e. The van der Waals surface area contributed by atoms with Crippen LogP contribution in [0.15, 0.2) is 18.7 Å². The first-order chi connectivity index (χ1) is 8.70. The molecule has 0 N–H and O–H groups in total. The van der Waals surface area contributed by atoms with Crippen LogP contribution in [0.4, 0.5) is 18.0 Å². The van der Waals surface area contributed by atoms with E-state index in [1.54, 1.807) is 0 Å². The van der Waals surface area contributed by atoms with Crippen LogP contribution in [0.2, 0.25) is 0 Å². The number of amides is 2. The fourth-order valence-corrected chi connectivity index (χ4v) is 1.25. The lowest BCUT2D eigenvalue weighted by atomic mass is 10.4. The van der Waals surface area contributed by atoms with Crippen LogP contribution in [0, 0.1) is 0 Å². The molecule has 2 amide bonds. The zero-order valence-corrected chi connectivity index (χ0v) is 10.4. The SMILES string of the molecule is CN(C)C(=O)CN(CC(F)(F)F)C(=O)n1ccnc1. The van der Waals surface area contributed by atoms with Gasteiger partial charge in [0, 0.05) is 26.5 Å². The number of rotatable bonds is 3. The van der Waals surface area contributed by atoms with Crippen molar-refractivity contribution in [2.24, 2.45) is 0 Å². The third kappa shape index (κ3) is 4.60. The molecule has 0 atom stereocenters. The molecule has 1 heterocycles. The molecule has 0 aliphatic heterocycles. The molecule has 0 aliphatic carbocycles. The fourth-order valence-electron chi connectivity index (χ4n) is 1.25. The average molecular weight is 278 g/mol. The highest BCUT2D eigenvalue weighted by atomic mass is 19.4. The third-order valence-corrected chi connectivity index (χ3v) is 2.19. The van der Waals surface area contributed by atoms with Gasteiger partial charge in [0.15, 0.2) is 0 Å². The Morgan fingerprint density at radius 2 is 1.95 bits per heavy atom. The molecule has 1 rings (SSSR count). The molecule has 0 spiro atoms. The molecule has 0 unspecified atom stereocenters. The average Bonchev–Trinajstić information content (AvgIpc) is 2.78. The summed E-state index contributed by atoms with van der Waals surface area (Å²) in [6.07, 6.45) is -1.03. The van der Waals surface area contributed by atoms with Gasteiger partial charge in [-0.25, -0.2) is 9.78 Å². The Kier molecular flexibility index (Phi) is 4.52. The zero-order valence-electron chi connectivity index (χ0n) is 10.4. The maximum atomic E-state index is 12.4. The van der Waals surface area contributed by atoms with E-state index in [0.717, 1.165) is 15.8 Å². The Morgan fingerprint density at radius 1 is 1.32 bits per heavy atom. The molecule has 9 heteroatoms. The lowest BCUT2D eigenvalue weighted by Gasteiger charge is -2.24. The van der Waals surface area contributed by atoms with Gasteiger partial charge in [0.2, 0.25) is 5.91 Å². The molecular formula is C10H13F3N4O2. The minimum atomic E-state index is -4.58. The van der Waals surface area contributed by atoms with Crippen LogP contribution in [0.1, 0.15) is 0 Å². The van der Waals surface area contributed by atoms with E-state index in [1.807, 2.05) is 0 Å². The second kappa shape index (κ2) is 5.72. The van der Waals surface area contributed by atoms with Gasteiger partial charge in [-0.15, -0.1) is 0 Å². The number of alkyl halides is 3. The van der Waals surface area contributed by atoms with Gasteiger partial charge in [0.25, 0.3) is 0 Å². The van der Waals surface area contributed by atoms with Gasteiger partial charge in [0.1, 0.15) is 19.4 Å². The first kappa shape index (κ1) is 15.0. The predicted octanol–water partition coefficient (Wildman–Crippen LogP) is 0.804. The summed E-state index contributed by atoms with van der Waals surface area (Å²) in [5, 5.41) is 0. The number of carbonyl (C=O) groups is 2. The van der Waals surface area contributed by atoms with Crippen LogP contribution in [0.5, 0.6) is 0 Å². The number of aromatic nitrogens is 2. The number of nitrogens with zero attached hydrogens (tertiary/aromatic N) is 4. The molecule has 0 radical (unpaired) electrons. The minimum absolute atomic E-state index is 0.421. The summed E-state index contributed by atoms with van der Waals surface area (Å²) in [5.41, 5.74) is 0. The van der Waals surface area contributed by atoms with E-state index >= 15 is 0 Å². The van der Waals surface area contributed by atoms with Crippen molar-refractivity contribution in [1.82, 2.24) is 19.4 Å². The van der Waals surface area contributed by atoms with Crippen molar-refractivity contribution in [2.75, 3.05) is 27.2 Å². The van der Waals surface area contributed by atoms with Crippen molar-refractivity contribution in [3.8, 4) is 0 Å². The Labute approximate surface area is 107 Å². The maximum absolute atomic E-state index is 12.4. The van der Waals surface area contributed by atoms with Gasteiger partial charge in [-0.3, -0.25) is 9.36 Å². The topological polar surface area (TPSA) is 58.4 Å². The lowest BCUT2D eigenvalue weighted by molar-refractivity contribution is -0.145. The molecule has 0 bridgehead atoms. The van der Waals surface area contributed by atoms with E-state index in [4.69, 9.17) is 0 Å². The summed E-state index contributed by atoms with van der Waals surface area (Å²) in [6, 6.07) is -0.954. The van der Waals surface area contributed by atoms with Crippen LogP contribution >= 0.6 is 0 Å². The fraction of sp³-hybridized carbons (Fsp3) is 0.500. The Hall–Kier alpha value is -2.06. The van der Waals surface area contributed by atoms with Crippen molar-refractivity contribution < 1.29 is 22.8 Å². The number of halogens is 3. The number of hydrogen-bond acceptors (Lipinski definition) is 3. The molecule has 0 aromatic carbocycles. The zero-order chi connectivity index (χ0) is 14.6. The smallest absolute Gasteiger partial charge is 0.347 e. The summed E-state index contributed by atoms with van der Waals surface area (Å²) in [5.74, 6) is -0.599. The van der Waals surface area contributed by atoms with Crippen molar-refractivity contribution in [1.29, 1.82) is 0 Å². The van der Waals surface area contributed by atoms with Crippen molar-refractivity contribution in [2.45, 2.75) is 6.18 Å². The van der Waals surface area contributed by atoms with Gasteiger partial charge in [-0.05, 0) is 0 Å². The molecule has 0 fully saturated rings. The lowest BCUT2D eigenvalue weighted by Crippen LogP contribution is -2.46. The van der Waals surface area contributed by atoms with Crippen molar-refractivity contribution in [3.05, 3.63) is 18.7 Å². The summed E-state index contributed by atoms with van der Waals surface area (Å²) in [4.78, 5) is 28.4. The standard InChI is InChI=1S/C10H13F3N4O2/c1-15(2)8(18)5-17(6-10(11,12)13)9(19)16-4-3-14-7-16/h3-4,7H,5-6H2,1-2H3. The van der Waals surface area contributed by atoms with Crippen LogP contribution in [-0.4, -0.2) is 64.7 Å². The molecule has 0 saturated heterocycles. The van der Waals surface area contributed by atoms with Gasteiger partial charge in [-0.2, -0.15) is 13.2 Å². The highest BCUT2D eigenvalue weighted by molar-refractivity contribution is 5.84. The first-order valence-corrected chi connectivity index (χ1v) is 5.25. The van der Waals surface area contributed by atoms with Crippen LogP contribution in [0.25, 0.3) is 0 Å². The summed E-state index contributed by atoms with van der Waals surface area (Å²) in [7, 11) is 2.80. The van der Waals surface area contributed by atoms with Gasteiger partial charge in [-0.1, -0.05) is 0 Å². The van der Waals surface area contributed by atoms with Gasteiger partial charge < -0.3 is 9.80 Å². The molecule has 0 aliphatic rings. The van der Waals surface area contributed by atoms with Crippen LogP contribution in [-0.2, 0) is 4.79 Å². The monoisotopic (exact) mass is 278 g/mol. The summed E-state index contributed by atoms with van der Waals surface area (Å²) < 4.78 is 38.1. The largest absolute Gasteiger partial charge is 0.406 e. The maximum Gasteiger partial charge on any atom is 0.406 e. The highest BCUT2D eigenvalue weighted by Gasteiger charge is 2.34. The van der Waals surface area contributed by atoms with E-state index in [2.05, 4.69) is 4.98 Å². The van der Waals surface area contributed by atoms with E-state index in [0.29, 0.717) is 4.90 Å². The summed E-state index contributed by atoms with van der Waals surface area (Å²) >= 11 is 0. The second-order valence-electron chi connectivity index (χ2n) is 4.01. The molecule has 6 nitrogen and oxygen atoms in total. The van der Waals surface area contributed by atoms with E-state index in [1.165, 1.54) is 26.5 Å². The molecule has 1 aromatic heterocycles. The Morgan fingerprint density at radius 3 is 2.37 bits per heavy atom. The number of carbonyl (C=O) groups excluding carboxylic acids is 2. The summed E-state index contributed by atoms with van der Waals surface area (Å²) in [6.45, 7) is -2.15. The number of hydrogen-bond donors (Lipinski definition) is 0. The Bertz CT molecular complexity index is 442. The quantitative estimate of drug-likeness (QED) is 0.822. The highest BCUT2D eigenvalue weighted by Crippen LogP contribution is 2.17. The predicted molar refractivity (Wildman–Crippen MR) is 59.3 cm³/mol. The van der Waals surface area contributed by atoms with Crippen molar-refractivity contribution in [3.63, 3.8) is 0 Å². The van der Waals surface area contributed by atoms with E-state index in [9.17, 15) is 22.8 Å². The van der Waals surface area contributed by atoms with E-state index in [-0.39, 0.29) is 0 Å². The number of likely N-dealkylation sites (N-methyl/N-ethyl adjacent to an activating group) is 1. The second-order valence-corrected chi connectivity index (χ2v) is 4.01. The molecule has 1 aromatic rings. The van der Waals surface area contributed by atoms with Crippen LogP contribution < -0.4 is 0 Å². The molecule has 19 heavy (non-hydrogen) atoms. The normalized spacial score (nSPS) is 11.2. The first-order valence-electron chi connectivity index (χ1n) is 5.25. The third-order valence-electron chi connectivity index (χ3n) is 2.19.